The third kappa shape index (κ3) is 1.08. The first-order valence-electron chi connectivity index (χ1n) is 3.72. The van der Waals surface area contributed by atoms with Gasteiger partial charge in [-0.15, -0.1) is 0 Å². The van der Waals surface area contributed by atoms with Gasteiger partial charge in [0.2, 0.25) is 6.19 Å². The van der Waals surface area contributed by atoms with E-state index in [-0.39, 0.29) is 5.56 Å². The number of hydrogen-bond donors (Lipinski definition) is 0. The summed E-state index contributed by atoms with van der Waals surface area (Å²) < 4.78 is 1.65. The number of aromatic nitrogens is 1. The van der Waals surface area contributed by atoms with Gasteiger partial charge in [-0.25, -0.2) is 0 Å². The van der Waals surface area contributed by atoms with Crippen LogP contribution in [0.4, 0.5) is 0 Å². The van der Waals surface area contributed by atoms with Crippen LogP contribution in [0, 0.1) is 22.8 Å². The Morgan fingerprint density at radius 2 is 2.14 bits per heavy atom. The van der Waals surface area contributed by atoms with E-state index in [1.807, 2.05) is 6.07 Å². The Labute approximate surface area is 83.0 Å². The molecule has 0 bridgehead atoms. The molecule has 2 rings (SSSR count). The van der Waals surface area contributed by atoms with Crippen LogP contribution in [0.1, 0.15) is 5.56 Å². The fourth-order valence-electron chi connectivity index (χ4n) is 1.16. The molecule has 14 heavy (non-hydrogen) atoms. The molecule has 1 aromatic heterocycles. The van der Waals surface area contributed by atoms with Gasteiger partial charge in [0.05, 0.1) is 21.7 Å². The monoisotopic (exact) mass is 201 g/mol. The maximum atomic E-state index is 11.4. The third-order valence-electron chi connectivity index (χ3n) is 1.81. The lowest BCUT2D eigenvalue weighted by atomic mass is 10.2. The second kappa shape index (κ2) is 2.99. The molecule has 5 heteroatoms. The van der Waals surface area contributed by atoms with E-state index in [2.05, 4.69) is 0 Å². The summed E-state index contributed by atoms with van der Waals surface area (Å²) in [6.07, 6.45) is 1.76. The standard InChI is InChI=1S/C9H3N3OS/c10-4-6-1-2-7-8(3-6)14-12(5-11)9(7)13/h1-3H. The van der Waals surface area contributed by atoms with Crippen LogP contribution >= 0.6 is 11.5 Å². The number of nitriles is 2. The Morgan fingerprint density at radius 1 is 1.36 bits per heavy atom. The van der Waals surface area contributed by atoms with Crippen LogP contribution in [-0.4, -0.2) is 3.96 Å². The van der Waals surface area contributed by atoms with E-state index in [9.17, 15) is 4.79 Å². The van der Waals surface area contributed by atoms with Gasteiger partial charge in [0.25, 0.3) is 5.56 Å². The molecule has 0 saturated heterocycles. The van der Waals surface area contributed by atoms with Gasteiger partial charge >= 0.3 is 0 Å². The SMILES string of the molecule is N#Cc1ccc2c(=O)n(C#N)sc2c1. The van der Waals surface area contributed by atoms with Gasteiger partial charge in [0.1, 0.15) is 0 Å². The number of benzene rings is 1. The molecular formula is C9H3N3OS. The second-order valence-electron chi connectivity index (χ2n) is 2.61. The van der Waals surface area contributed by atoms with Crippen molar-refractivity contribution in [2.24, 2.45) is 0 Å². The summed E-state index contributed by atoms with van der Waals surface area (Å²) in [5.74, 6) is 0. The summed E-state index contributed by atoms with van der Waals surface area (Å²) in [6.45, 7) is 0. The van der Waals surface area contributed by atoms with Crippen molar-refractivity contribution in [1.29, 1.82) is 10.5 Å². The lowest BCUT2D eigenvalue weighted by Gasteiger charge is -1.85. The lowest BCUT2D eigenvalue weighted by molar-refractivity contribution is 1.16. The maximum absolute atomic E-state index is 11.4. The van der Waals surface area contributed by atoms with Crippen LogP contribution in [0.2, 0.25) is 0 Å². The Hall–Kier alpha value is -2.11. The minimum absolute atomic E-state index is 0.322. The van der Waals surface area contributed by atoms with Gasteiger partial charge in [-0.1, -0.05) is 0 Å². The molecule has 2 aromatic rings. The van der Waals surface area contributed by atoms with Crippen molar-refractivity contribution in [1.82, 2.24) is 3.96 Å². The molecule has 1 aromatic carbocycles. The van der Waals surface area contributed by atoms with E-state index in [4.69, 9.17) is 10.5 Å². The van der Waals surface area contributed by atoms with E-state index in [0.29, 0.717) is 15.6 Å². The molecule has 0 aliphatic heterocycles. The van der Waals surface area contributed by atoms with Crippen LogP contribution in [-0.2, 0) is 0 Å². The zero-order valence-corrected chi connectivity index (χ0v) is 7.71. The van der Waals surface area contributed by atoms with Crippen molar-refractivity contribution in [2.75, 3.05) is 0 Å². The van der Waals surface area contributed by atoms with Gasteiger partial charge in [-0.05, 0) is 29.7 Å². The fourth-order valence-corrected chi connectivity index (χ4v) is 2.01. The van der Waals surface area contributed by atoms with Crippen LogP contribution in [0.25, 0.3) is 10.1 Å². The van der Waals surface area contributed by atoms with E-state index < -0.39 is 0 Å². The largest absolute Gasteiger partial charge is 0.282 e. The highest BCUT2D eigenvalue weighted by Crippen LogP contribution is 2.17. The molecule has 0 unspecified atom stereocenters. The van der Waals surface area contributed by atoms with E-state index in [1.54, 1.807) is 24.4 Å². The summed E-state index contributed by atoms with van der Waals surface area (Å²) in [5.41, 5.74) is 0.167. The molecule has 4 nitrogen and oxygen atoms in total. The highest BCUT2D eigenvalue weighted by molar-refractivity contribution is 7.14. The van der Waals surface area contributed by atoms with Crippen molar-refractivity contribution in [3.05, 3.63) is 34.1 Å². The highest BCUT2D eigenvalue weighted by atomic mass is 32.1. The van der Waals surface area contributed by atoms with Gasteiger partial charge in [0.15, 0.2) is 0 Å². The smallest absolute Gasteiger partial charge is 0.267 e. The first kappa shape index (κ1) is 8.49. The molecule has 0 radical (unpaired) electrons. The number of hydrogen-bond acceptors (Lipinski definition) is 4. The second-order valence-corrected chi connectivity index (χ2v) is 3.60. The summed E-state index contributed by atoms with van der Waals surface area (Å²) in [6, 6.07) is 6.72. The Kier molecular flexibility index (Phi) is 1.81. The fraction of sp³-hybridized carbons (Fsp3) is 0. The number of rotatable bonds is 0. The van der Waals surface area contributed by atoms with Gasteiger partial charge in [-0.2, -0.15) is 14.5 Å². The van der Waals surface area contributed by atoms with Gasteiger partial charge in [0, 0.05) is 0 Å². The Bertz CT molecular complexity index is 639. The van der Waals surface area contributed by atoms with Gasteiger partial charge < -0.3 is 0 Å². The maximum Gasteiger partial charge on any atom is 0.282 e. The molecule has 0 saturated carbocycles. The predicted molar refractivity (Wildman–Crippen MR) is 51.8 cm³/mol. The van der Waals surface area contributed by atoms with Gasteiger partial charge in [-0.3, -0.25) is 4.79 Å². The summed E-state index contributed by atoms with van der Waals surface area (Å²) in [5, 5.41) is 17.7. The average molecular weight is 201 g/mol. The minimum Gasteiger partial charge on any atom is -0.267 e. The average Bonchev–Trinajstić information content (AvgIpc) is 2.55. The molecule has 0 N–H and O–H groups in total. The summed E-state index contributed by atoms with van der Waals surface area (Å²) >= 11 is 1.05. The normalized spacial score (nSPS) is 9.57. The summed E-state index contributed by atoms with van der Waals surface area (Å²) in [4.78, 5) is 11.4. The molecule has 0 fully saturated rings. The lowest BCUT2D eigenvalue weighted by Crippen LogP contribution is -2.07. The predicted octanol–water partition coefficient (Wildman–Crippen LogP) is 1.26. The van der Waals surface area contributed by atoms with Crippen molar-refractivity contribution >= 4 is 21.6 Å². The van der Waals surface area contributed by atoms with Crippen LogP contribution in [0.3, 0.4) is 0 Å². The third-order valence-corrected chi connectivity index (χ3v) is 2.77. The number of fused-ring (bicyclic) bond motifs is 1. The van der Waals surface area contributed by atoms with E-state index in [0.717, 1.165) is 15.5 Å². The molecule has 0 atom stereocenters. The molecule has 1 heterocycles. The number of nitrogens with zero attached hydrogens (tertiary/aromatic N) is 3. The highest BCUT2D eigenvalue weighted by Gasteiger charge is 2.06. The van der Waals surface area contributed by atoms with Crippen molar-refractivity contribution in [2.45, 2.75) is 0 Å². The first-order valence-corrected chi connectivity index (χ1v) is 4.50. The molecule has 0 aliphatic carbocycles. The van der Waals surface area contributed by atoms with E-state index >= 15 is 0 Å². The van der Waals surface area contributed by atoms with E-state index in [1.165, 1.54) is 0 Å². The first-order chi connectivity index (χ1) is 6.76. The zero-order valence-electron chi connectivity index (χ0n) is 6.89. The molecule has 66 valence electrons. The topological polar surface area (TPSA) is 69.6 Å². The Balaban J connectivity index is 2.89. The molecular weight excluding hydrogens is 198 g/mol. The minimum atomic E-state index is -0.322. The van der Waals surface area contributed by atoms with Crippen LogP contribution in [0.5, 0.6) is 0 Å². The van der Waals surface area contributed by atoms with Crippen LogP contribution in [0.15, 0.2) is 23.0 Å². The molecule has 0 aliphatic rings. The van der Waals surface area contributed by atoms with Crippen molar-refractivity contribution < 1.29 is 0 Å². The Morgan fingerprint density at radius 3 is 2.79 bits per heavy atom. The zero-order chi connectivity index (χ0) is 10.1. The quantitative estimate of drug-likeness (QED) is 0.644. The molecule has 0 spiro atoms. The van der Waals surface area contributed by atoms with Crippen molar-refractivity contribution in [3.8, 4) is 12.3 Å². The van der Waals surface area contributed by atoms with Crippen molar-refractivity contribution in [3.63, 3.8) is 0 Å². The van der Waals surface area contributed by atoms with Crippen LogP contribution < -0.4 is 5.56 Å². The molecule has 0 amide bonds. The summed E-state index contributed by atoms with van der Waals surface area (Å²) in [7, 11) is 0.